The van der Waals surface area contributed by atoms with Crippen LogP contribution >= 0.6 is 46.7 Å². The van der Waals surface area contributed by atoms with Gasteiger partial charge in [0, 0.05) is 30.4 Å². The van der Waals surface area contributed by atoms with Gasteiger partial charge in [0.15, 0.2) is 5.96 Å². The fraction of sp³-hybridized carbons (Fsp3) is 0.579. The Morgan fingerprint density at radius 2 is 2.19 bits per heavy atom. The second kappa shape index (κ2) is 10.6. The van der Waals surface area contributed by atoms with Gasteiger partial charge in [-0.15, -0.1) is 46.7 Å². The highest BCUT2D eigenvalue weighted by Gasteiger charge is 2.17. The quantitative estimate of drug-likeness (QED) is 0.356. The number of hydrogen-bond acceptors (Lipinski definition) is 4. The van der Waals surface area contributed by atoms with Crippen LogP contribution in [0.3, 0.4) is 0 Å². The van der Waals surface area contributed by atoms with Gasteiger partial charge in [0.25, 0.3) is 0 Å². The molecule has 1 aliphatic rings. The van der Waals surface area contributed by atoms with Crippen molar-refractivity contribution in [3.8, 4) is 0 Å². The van der Waals surface area contributed by atoms with E-state index in [1.54, 1.807) is 0 Å². The van der Waals surface area contributed by atoms with Crippen molar-refractivity contribution < 1.29 is 0 Å². The molecule has 0 bridgehead atoms. The summed E-state index contributed by atoms with van der Waals surface area (Å²) in [5.74, 6) is 1.53. The molecule has 7 heteroatoms. The molecule has 0 saturated carbocycles. The van der Waals surface area contributed by atoms with Crippen molar-refractivity contribution in [3.63, 3.8) is 0 Å². The Hall–Kier alpha value is -0.670. The summed E-state index contributed by atoms with van der Waals surface area (Å²) in [6.07, 6.45) is 6.09. The average molecular weight is 505 g/mol. The molecule has 0 radical (unpaired) electrons. The van der Waals surface area contributed by atoms with Crippen LogP contribution in [0.5, 0.6) is 0 Å². The molecule has 1 atom stereocenters. The standard InChI is InChI=1S/C19H28N4S2.HI/c1-14(11-15-7-6-10-24-15)12-21-19(20-2)23(3)13-18-22-16-8-4-5-9-17(16)25-18;/h6-7,10,14H,4-5,8-9,11-13H2,1-3H3,(H,20,21);1H. The number of rotatable bonds is 6. The summed E-state index contributed by atoms with van der Waals surface area (Å²) in [6.45, 7) is 4.05. The summed E-state index contributed by atoms with van der Waals surface area (Å²) in [4.78, 5) is 14.4. The summed E-state index contributed by atoms with van der Waals surface area (Å²) in [5.41, 5.74) is 1.34. The maximum absolute atomic E-state index is 4.85. The third-order valence-corrected chi connectivity index (χ3v) is 6.62. The van der Waals surface area contributed by atoms with Crippen molar-refractivity contribution in [2.45, 2.75) is 45.6 Å². The molecular formula is C19H29IN4S2. The summed E-state index contributed by atoms with van der Waals surface area (Å²) >= 11 is 3.72. The van der Waals surface area contributed by atoms with Crippen LogP contribution < -0.4 is 5.32 Å². The van der Waals surface area contributed by atoms with Gasteiger partial charge in [-0.3, -0.25) is 4.99 Å². The number of aromatic nitrogens is 1. The smallest absolute Gasteiger partial charge is 0.193 e. The zero-order valence-electron chi connectivity index (χ0n) is 15.8. The number of nitrogens with zero attached hydrogens (tertiary/aromatic N) is 3. The first-order valence-electron chi connectivity index (χ1n) is 9.07. The number of aliphatic imine (C=N–C) groups is 1. The van der Waals surface area contributed by atoms with Crippen molar-refractivity contribution in [3.05, 3.63) is 38.0 Å². The molecule has 0 fully saturated rings. The summed E-state index contributed by atoms with van der Waals surface area (Å²) in [5, 5.41) is 6.88. The topological polar surface area (TPSA) is 40.5 Å². The van der Waals surface area contributed by atoms with Gasteiger partial charge in [-0.05, 0) is 49.5 Å². The fourth-order valence-corrected chi connectivity index (χ4v) is 5.33. The molecule has 1 unspecified atom stereocenters. The van der Waals surface area contributed by atoms with E-state index in [0.29, 0.717) is 5.92 Å². The summed E-state index contributed by atoms with van der Waals surface area (Å²) < 4.78 is 0. The molecule has 2 heterocycles. The van der Waals surface area contributed by atoms with Crippen molar-refractivity contribution >= 4 is 52.6 Å². The minimum absolute atomic E-state index is 0. The normalized spacial score (nSPS) is 15.1. The van der Waals surface area contributed by atoms with Crippen LogP contribution in [-0.4, -0.2) is 36.5 Å². The number of thiophene rings is 1. The Balaban J connectivity index is 0.00000243. The maximum Gasteiger partial charge on any atom is 0.193 e. The zero-order chi connectivity index (χ0) is 17.6. The molecule has 3 rings (SSSR count). The molecule has 144 valence electrons. The minimum Gasteiger partial charge on any atom is -0.356 e. The SMILES string of the molecule is CN=C(NCC(C)Cc1cccs1)N(C)Cc1nc2c(s1)CCCC2.I. The Morgan fingerprint density at radius 1 is 1.38 bits per heavy atom. The number of fused-ring (bicyclic) bond motifs is 1. The van der Waals surface area contributed by atoms with E-state index in [-0.39, 0.29) is 24.0 Å². The molecule has 1 aliphatic carbocycles. The highest BCUT2D eigenvalue weighted by atomic mass is 127. The predicted molar refractivity (Wildman–Crippen MR) is 124 cm³/mol. The number of aryl methyl sites for hydroxylation is 2. The van der Waals surface area contributed by atoms with Crippen molar-refractivity contribution in [2.75, 3.05) is 20.6 Å². The van der Waals surface area contributed by atoms with Crippen molar-refractivity contribution in [1.29, 1.82) is 0 Å². The molecule has 26 heavy (non-hydrogen) atoms. The van der Waals surface area contributed by atoms with E-state index in [9.17, 15) is 0 Å². The number of halogens is 1. The summed E-state index contributed by atoms with van der Waals surface area (Å²) in [7, 11) is 3.95. The van der Waals surface area contributed by atoms with Crippen LogP contribution in [-0.2, 0) is 25.8 Å². The molecule has 2 aromatic rings. The van der Waals surface area contributed by atoms with E-state index in [4.69, 9.17) is 4.98 Å². The van der Waals surface area contributed by atoms with Crippen LogP contribution in [0.2, 0.25) is 0 Å². The monoisotopic (exact) mass is 504 g/mol. The lowest BCUT2D eigenvalue weighted by atomic mass is 10.0. The van der Waals surface area contributed by atoms with Crippen LogP contribution in [0.25, 0.3) is 0 Å². The van der Waals surface area contributed by atoms with Crippen LogP contribution in [0.15, 0.2) is 22.5 Å². The molecule has 0 aromatic carbocycles. The van der Waals surface area contributed by atoms with Gasteiger partial charge in [0.2, 0.25) is 0 Å². The number of nitrogens with one attached hydrogen (secondary N) is 1. The van der Waals surface area contributed by atoms with E-state index in [0.717, 1.165) is 31.9 Å². The Bertz CT molecular complexity index is 673. The first-order chi connectivity index (χ1) is 12.2. The molecule has 1 N–H and O–H groups in total. The van der Waals surface area contributed by atoms with Gasteiger partial charge >= 0.3 is 0 Å². The zero-order valence-corrected chi connectivity index (χ0v) is 19.8. The van der Waals surface area contributed by atoms with Gasteiger partial charge in [0.1, 0.15) is 5.01 Å². The minimum atomic E-state index is 0. The Labute approximate surface area is 182 Å². The molecule has 0 saturated heterocycles. The van der Waals surface area contributed by atoms with Crippen LogP contribution in [0.4, 0.5) is 0 Å². The largest absolute Gasteiger partial charge is 0.356 e. The highest BCUT2D eigenvalue weighted by molar-refractivity contribution is 14.0. The molecule has 0 aliphatic heterocycles. The summed E-state index contributed by atoms with van der Waals surface area (Å²) in [6, 6.07) is 4.34. The lowest BCUT2D eigenvalue weighted by molar-refractivity contribution is 0.460. The predicted octanol–water partition coefficient (Wildman–Crippen LogP) is 4.59. The first-order valence-corrected chi connectivity index (χ1v) is 10.8. The second-order valence-electron chi connectivity index (χ2n) is 6.86. The number of guanidine groups is 1. The van der Waals surface area contributed by atoms with E-state index in [2.05, 4.69) is 46.7 Å². The lowest BCUT2D eigenvalue weighted by Crippen LogP contribution is -2.40. The van der Waals surface area contributed by atoms with E-state index in [1.165, 1.54) is 39.7 Å². The molecular weight excluding hydrogens is 475 g/mol. The molecule has 0 spiro atoms. The number of thiazole rings is 1. The van der Waals surface area contributed by atoms with E-state index in [1.807, 2.05) is 29.7 Å². The van der Waals surface area contributed by atoms with Gasteiger partial charge in [-0.2, -0.15) is 0 Å². The Kier molecular flexibility index (Phi) is 8.83. The third-order valence-electron chi connectivity index (χ3n) is 4.57. The first kappa shape index (κ1) is 21.6. The number of hydrogen-bond donors (Lipinski definition) is 1. The van der Waals surface area contributed by atoms with E-state index < -0.39 is 0 Å². The van der Waals surface area contributed by atoms with E-state index >= 15 is 0 Å². The fourth-order valence-electron chi connectivity index (χ4n) is 3.25. The third kappa shape index (κ3) is 5.92. The van der Waals surface area contributed by atoms with Crippen molar-refractivity contribution in [2.24, 2.45) is 10.9 Å². The van der Waals surface area contributed by atoms with Crippen LogP contribution in [0.1, 0.15) is 40.2 Å². The molecule has 2 aromatic heterocycles. The molecule has 4 nitrogen and oxygen atoms in total. The molecule has 0 amide bonds. The van der Waals surface area contributed by atoms with Crippen molar-refractivity contribution in [1.82, 2.24) is 15.2 Å². The second-order valence-corrected chi connectivity index (χ2v) is 9.06. The van der Waals surface area contributed by atoms with Gasteiger partial charge in [-0.1, -0.05) is 13.0 Å². The maximum atomic E-state index is 4.85. The average Bonchev–Trinajstić information content (AvgIpc) is 3.24. The van der Waals surface area contributed by atoms with Gasteiger partial charge in [0.05, 0.1) is 12.2 Å². The van der Waals surface area contributed by atoms with Gasteiger partial charge in [-0.25, -0.2) is 4.98 Å². The Morgan fingerprint density at radius 3 is 2.88 bits per heavy atom. The van der Waals surface area contributed by atoms with Crippen LogP contribution in [0, 0.1) is 5.92 Å². The highest BCUT2D eigenvalue weighted by Crippen LogP contribution is 2.27. The van der Waals surface area contributed by atoms with Gasteiger partial charge < -0.3 is 10.2 Å². The lowest BCUT2D eigenvalue weighted by Gasteiger charge is -2.22.